The Morgan fingerprint density at radius 3 is 2.79 bits per heavy atom. The van der Waals surface area contributed by atoms with Crippen molar-refractivity contribution in [3.05, 3.63) is 0 Å². The molecule has 80 valence electrons. The smallest absolute Gasteiger partial charge is 0.238 e. The Bertz CT molecular complexity index is 242. The first-order chi connectivity index (χ1) is 6.62. The Labute approximate surface area is 89.2 Å². The van der Waals surface area contributed by atoms with E-state index in [-0.39, 0.29) is 5.91 Å². The highest BCUT2D eigenvalue weighted by Crippen LogP contribution is 2.35. The summed E-state index contributed by atoms with van der Waals surface area (Å²) in [5.74, 6) is 1.47. The molecule has 2 aliphatic rings. The van der Waals surface area contributed by atoms with Crippen molar-refractivity contribution in [1.29, 1.82) is 0 Å². The molecule has 0 bridgehead atoms. The lowest BCUT2D eigenvalue weighted by molar-refractivity contribution is -0.123. The molecular weight excluding hydrogens is 196 g/mol. The zero-order chi connectivity index (χ0) is 10.2. The van der Waals surface area contributed by atoms with E-state index in [9.17, 15) is 4.79 Å². The number of hydrogen-bond donors (Lipinski definition) is 2. The highest BCUT2D eigenvalue weighted by atomic mass is 32.2. The van der Waals surface area contributed by atoms with Gasteiger partial charge in [0.1, 0.15) is 5.54 Å². The van der Waals surface area contributed by atoms with Crippen LogP contribution in [0.5, 0.6) is 0 Å². The van der Waals surface area contributed by atoms with Gasteiger partial charge in [-0.15, -0.1) is 0 Å². The predicted molar refractivity (Wildman–Crippen MR) is 59.2 cm³/mol. The van der Waals surface area contributed by atoms with Crippen LogP contribution in [0.25, 0.3) is 0 Å². The molecule has 1 heterocycles. The minimum Gasteiger partial charge on any atom is -0.368 e. The first kappa shape index (κ1) is 10.3. The van der Waals surface area contributed by atoms with E-state index in [2.05, 4.69) is 12.2 Å². The van der Waals surface area contributed by atoms with E-state index in [4.69, 9.17) is 5.73 Å². The third kappa shape index (κ3) is 2.06. The van der Waals surface area contributed by atoms with Crippen molar-refractivity contribution in [3.8, 4) is 0 Å². The minimum absolute atomic E-state index is 0.171. The Morgan fingerprint density at radius 1 is 1.64 bits per heavy atom. The summed E-state index contributed by atoms with van der Waals surface area (Å²) in [5.41, 5.74) is 5.08. The van der Waals surface area contributed by atoms with Crippen LogP contribution in [0.15, 0.2) is 0 Å². The van der Waals surface area contributed by atoms with Gasteiger partial charge < -0.3 is 11.1 Å². The normalized spacial score (nSPS) is 37.4. The van der Waals surface area contributed by atoms with Crippen molar-refractivity contribution in [2.24, 2.45) is 11.7 Å². The lowest BCUT2D eigenvalue weighted by atomic mass is 9.95. The summed E-state index contributed by atoms with van der Waals surface area (Å²) in [6, 6.07) is 0. The van der Waals surface area contributed by atoms with Crippen molar-refractivity contribution >= 4 is 17.7 Å². The van der Waals surface area contributed by atoms with Crippen molar-refractivity contribution < 1.29 is 4.79 Å². The van der Waals surface area contributed by atoms with Crippen LogP contribution in [-0.2, 0) is 4.79 Å². The van der Waals surface area contributed by atoms with E-state index in [1.54, 1.807) is 0 Å². The third-order valence-corrected chi connectivity index (χ3v) is 4.54. The fourth-order valence-electron chi connectivity index (χ4n) is 1.94. The molecule has 1 amide bonds. The maximum absolute atomic E-state index is 11.4. The first-order valence-corrected chi connectivity index (χ1v) is 6.34. The molecule has 0 aromatic carbocycles. The Hall–Kier alpha value is -0.220. The van der Waals surface area contributed by atoms with E-state index < -0.39 is 5.54 Å². The van der Waals surface area contributed by atoms with Gasteiger partial charge in [-0.1, -0.05) is 6.92 Å². The lowest BCUT2D eigenvalue weighted by Gasteiger charge is -2.26. The molecular formula is C10H18N2OS. The fraction of sp³-hybridized carbons (Fsp3) is 0.900. The number of carbonyl (C=O) groups is 1. The standard InChI is InChI=1S/C10H18N2OS/c1-7-4-10(6-14-7,9(11)13)12-5-8-2-3-8/h7-8,12H,2-6H2,1H3,(H2,11,13). The molecule has 0 aromatic heterocycles. The number of amides is 1. The summed E-state index contributed by atoms with van der Waals surface area (Å²) in [7, 11) is 0. The average molecular weight is 214 g/mol. The summed E-state index contributed by atoms with van der Waals surface area (Å²) in [5, 5.41) is 3.94. The number of rotatable bonds is 4. The quantitative estimate of drug-likeness (QED) is 0.725. The second kappa shape index (κ2) is 3.74. The number of hydrogen-bond acceptors (Lipinski definition) is 3. The van der Waals surface area contributed by atoms with Gasteiger partial charge in [0, 0.05) is 11.0 Å². The SMILES string of the molecule is CC1CC(NCC2CC2)(C(N)=O)CS1. The molecule has 0 aromatic rings. The van der Waals surface area contributed by atoms with Gasteiger partial charge in [0.05, 0.1) is 0 Å². The molecule has 3 nitrogen and oxygen atoms in total. The lowest BCUT2D eigenvalue weighted by Crippen LogP contribution is -2.56. The second-order valence-corrected chi connectivity index (χ2v) is 6.02. The van der Waals surface area contributed by atoms with Crippen LogP contribution >= 0.6 is 11.8 Å². The van der Waals surface area contributed by atoms with E-state index in [0.717, 1.165) is 24.6 Å². The molecule has 2 fully saturated rings. The maximum Gasteiger partial charge on any atom is 0.238 e. The zero-order valence-corrected chi connectivity index (χ0v) is 9.40. The van der Waals surface area contributed by atoms with Gasteiger partial charge in [-0.25, -0.2) is 0 Å². The van der Waals surface area contributed by atoms with Crippen LogP contribution in [-0.4, -0.2) is 29.0 Å². The molecule has 2 rings (SSSR count). The minimum atomic E-state index is -0.410. The number of nitrogens with two attached hydrogens (primary N) is 1. The average Bonchev–Trinajstić information content (AvgIpc) is 2.87. The van der Waals surface area contributed by atoms with Crippen LogP contribution in [0.3, 0.4) is 0 Å². The summed E-state index contributed by atoms with van der Waals surface area (Å²) in [6.07, 6.45) is 3.51. The largest absolute Gasteiger partial charge is 0.368 e. The number of nitrogens with one attached hydrogen (secondary N) is 1. The molecule has 1 saturated heterocycles. The molecule has 3 N–H and O–H groups in total. The van der Waals surface area contributed by atoms with E-state index in [1.165, 1.54) is 12.8 Å². The molecule has 4 heteroatoms. The van der Waals surface area contributed by atoms with Crippen LogP contribution in [0.2, 0.25) is 0 Å². The van der Waals surface area contributed by atoms with E-state index in [0.29, 0.717) is 5.25 Å². The van der Waals surface area contributed by atoms with E-state index >= 15 is 0 Å². The number of carbonyl (C=O) groups excluding carboxylic acids is 1. The molecule has 1 aliphatic carbocycles. The highest BCUT2D eigenvalue weighted by Gasteiger charge is 2.43. The van der Waals surface area contributed by atoms with Crippen LogP contribution in [0, 0.1) is 5.92 Å². The molecule has 1 aliphatic heterocycles. The molecule has 0 radical (unpaired) electrons. The topological polar surface area (TPSA) is 55.1 Å². The van der Waals surface area contributed by atoms with Crippen LogP contribution in [0.4, 0.5) is 0 Å². The maximum atomic E-state index is 11.4. The summed E-state index contributed by atoms with van der Waals surface area (Å²) in [6.45, 7) is 3.13. The van der Waals surface area contributed by atoms with Gasteiger partial charge in [-0.3, -0.25) is 4.79 Å². The zero-order valence-electron chi connectivity index (χ0n) is 8.58. The van der Waals surface area contributed by atoms with Gasteiger partial charge in [0.15, 0.2) is 0 Å². The van der Waals surface area contributed by atoms with Gasteiger partial charge in [-0.05, 0) is 31.7 Å². The Kier molecular flexibility index (Phi) is 2.75. The highest BCUT2D eigenvalue weighted by molar-refractivity contribution is 8.00. The second-order valence-electron chi connectivity index (χ2n) is 4.60. The molecule has 1 saturated carbocycles. The number of primary amides is 1. The molecule has 14 heavy (non-hydrogen) atoms. The van der Waals surface area contributed by atoms with Crippen LogP contribution < -0.4 is 11.1 Å². The summed E-state index contributed by atoms with van der Waals surface area (Å²) < 4.78 is 0. The van der Waals surface area contributed by atoms with Gasteiger partial charge >= 0.3 is 0 Å². The van der Waals surface area contributed by atoms with Crippen molar-refractivity contribution in [3.63, 3.8) is 0 Å². The molecule has 2 unspecified atom stereocenters. The fourth-order valence-corrected chi connectivity index (χ4v) is 3.27. The monoisotopic (exact) mass is 214 g/mol. The first-order valence-electron chi connectivity index (χ1n) is 5.29. The molecule has 0 spiro atoms. The van der Waals surface area contributed by atoms with Crippen molar-refractivity contribution in [2.75, 3.05) is 12.3 Å². The Balaban J connectivity index is 1.94. The van der Waals surface area contributed by atoms with E-state index in [1.807, 2.05) is 11.8 Å². The van der Waals surface area contributed by atoms with Crippen molar-refractivity contribution in [1.82, 2.24) is 5.32 Å². The Morgan fingerprint density at radius 2 is 2.36 bits per heavy atom. The molecule has 2 atom stereocenters. The van der Waals surface area contributed by atoms with Crippen molar-refractivity contribution in [2.45, 2.75) is 37.0 Å². The van der Waals surface area contributed by atoms with Gasteiger partial charge in [0.25, 0.3) is 0 Å². The predicted octanol–water partition coefficient (Wildman–Crippen LogP) is 0.735. The summed E-state index contributed by atoms with van der Waals surface area (Å²) in [4.78, 5) is 11.4. The number of thioether (sulfide) groups is 1. The summed E-state index contributed by atoms with van der Waals surface area (Å²) >= 11 is 1.84. The van der Waals surface area contributed by atoms with Crippen LogP contribution in [0.1, 0.15) is 26.2 Å². The van der Waals surface area contributed by atoms with Gasteiger partial charge in [-0.2, -0.15) is 11.8 Å². The third-order valence-electron chi connectivity index (χ3n) is 3.15. The van der Waals surface area contributed by atoms with Gasteiger partial charge in [0.2, 0.25) is 5.91 Å².